The topological polar surface area (TPSA) is 68.0 Å². The Hall–Kier alpha value is -2.27. The Kier molecular flexibility index (Phi) is 4.65. The van der Waals surface area contributed by atoms with Gasteiger partial charge in [0.15, 0.2) is 0 Å². The van der Waals surface area contributed by atoms with Crippen LogP contribution >= 0.6 is 12.2 Å². The van der Waals surface area contributed by atoms with Gasteiger partial charge in [-0.2, -0.15) is 0 Å². The van der Waals surface area contributed by atoms with Gasteiger partial charge in [-0.3, -0.25) is 9.78 Å². The maximum atomic E-state index is 12.2. The third kappa shape index (κ3) is 3.86. The molecule has 0 fully saturated rings. The number of hydrogen-bond donors (Lipinski definition) is 2. The first-order valence-corrected chi connectivity index (χ1v) is 6.99. The largest absolute Gasteiger partial charge is 0.389 e. The molecule has 21 heavy (non-hydrogen) atoms. The normalized spacial score (nSPS) is 10.2. The Labute approximate surface area is 129 Å². The monoisotopic (exact) mass is 299 g/mol. The number of benzene rings is 1. The lowest BCUT2D eigenvalue weighted by Crippen LogP contribution is -2.24. The van der Waals surface area contributed by atoms with Crippen molar-refractivity contribution in [1.82, 2.24) is 10.3 Å². The highest BCUT2D eigenvalue weighted by atomic mass is 32.1. The summed E-state index contributed by atoms with van der Waals surface area (Å²) < 4.78 is 0. The molecule has 0 atom stereocenters. The van der Waals surface area contributed by atoms with Crippen molar-refractivity contribution in [3.05, 3.63) is 64.5 Å². The molecule has 0 spiro atoms. The molecule has 0 aliphatic heterocycles. The molecule has 1 aromatic heterocycles. The van der Waals surface area contributed by atoms with E-state index in [1.807, 2.05) is 44.2 Å². The van der Waals surface area contributed by atoms with Crippen LogP contribution in [0.5, 0.6) is 0 Å². The molecular formula is C16H17N3OS. The van der Waals surface area contributed by atoms with E-state index >= 15 is 0 Å². The van der Waals surface area contributed by atoms with Gasteiger partial charge in [0.05, 0.1) is 11.3 Å². The summed E-state index contributed by atoms with van der Waals surface area (Å²) >= 11 is 4.95. The van der Waals surface area contributed by atoms with Gasteiger partial charge in [0.2, 0.25) is 0 Å². The van der Waals surface area contributed by atoms with Gasteiger partial charge in [0, 0.05) is 17.8 Å². The first kappa shape index (κ1) is 15.1. The molecule has 0 saturated heterocycles. The van der Waals surface area contributed by atoms with Crippen LogP contribution in [0.2, 0.25) is 0 Å². The first-order chi connectivity index (χ1) is 9.97. The summed E-state index contributed by atoms with van der Waals surface area (Å²) in [5.41, 5.74) is 9.56. The van der Waals surface area contributed by atoms with Gasteiger partial charge in [-0.1, -0.05) is 30.4 Å². The van der Waals surface area contributed by atoms with Crippen LogP contribution in [0.25, 0.3) is 0 Å². The zero-order valence-electron chi connectivity index (χ0n) is 12.0. The highest BCUT2D eigenvalue weighted by molar-refractivity contribution is 7.80. The molecule has 108 valence electrons. The lowest BCUT2D eigenvalue weighted by Gasteiger charge is -2.09. The Morgan fingerprint density at radius 2 is 2.05 bits per heavy atom. The maximum Gasteiger partial charge on any atom is 0.253 e. The van der Waals surface area contributed by atoms with Crippen molar-refractivity contribution < 1.29 is 4.79 Å². The molecule has 3 N–H and O–H groups in total. The summed E-state index contributed by atoms with van der Waals surface area (Å²) in [6.45, 7) is 4.15. The summed E-state index contributed by atoms with van der Waals surface area (Å²) in [4.78, 5) is 16.8. The fourth-order valence-corrected chi connectivity index (χ4v) is 2.17. The van der Waals surface area contributed by atoms with Gasteiger partial charge >= 0.3 is 0 Å². The lowest BCUT2D eigenvalue weighted by molar-refractivity contribution is 0.0950. The quantitative estimate of drug-likeness (QED) is 0.850. The highest BCUT2D eigenvalue weighted by Gasteiger charge is 2.09. The lowest BCUT2D eigenvalue weighted by atomic mass is 10.1. The summed E-state index contributed by atoms with van der Waals surface area (Å²) in [6.07, 6.45) is 0. The van der Waals surface area contributed by atoms with Gasteiger partial charge in [-0.15, -0.1) is 0 Å². The van der Waals surface area contributed by atoms with E-state index in [-0.39, 0.29) is 5.91 Å². The van der Waals surface area contributed by atoms with Crippen LogP contribution in [-0.4, -0.2) is 15.9 Å². The molecule has 2 rings (SSSR count). The van der Waals surface area contributed by atoms with Crippen LogP contribution in [0, 0.1) is 13.8 Å². The van der Waals surface area contributed by atoms with Crippen molar-refractivity contribution in [2.75, 3.05) is 0 Å². The van der Waals surface area contributed by atoms with Gasteiger partial charge < -0.3 is 11.1 Å². The number of nitrogens with one attached hydrogen (secondary N) is 1. The summed E-state index contributed by atoms with van der Waals surface area (Å²) in [7, 11) is 0. The molecule has 0 aliphatic rings. The van der Waals surface area contributed by atoms with Crippen molar-refractivity contribution in [3.63, 3.8) is 0 Å². The van der Waals surface area contributed by atoms with Gasteiger partial charge in [0.25, 0.3) is 5.91 Å². The van der Waals surface area contributed by atoms with Crippen molar-refractivity contribution in [1.29, 1.82) is 0 Å². The summed E-state index contributed by atoms with van der Waals surface area (Å²) in [5.74, 6) is -0.138. The fourth-order valence-electron chi connectivity index (χ4n) is 2.04. The molecule has 5 heteroatoms. The van der Waals surface area contributed by atoms with Crippen LogP contribution in [-0.2, 0) is 6.54 Å². The van der Waals surface area contributed by atoms with E-state index in [0.29, 0.717) is 17.1 Å². The number of aromatic nitrogens is 1. The molecule has 1 heterocycles. The second-order valence-corrected chi connectivity index (χ2v) is 5.27. The molecule has 0 unspecified atom stereocenters. The van der Waals surface area contributed by atoms with Crippen LogP contribution in [0.15, 0.2) is 36.4 Å². The van der Waals surface area contributed by atoms with Gasteiger partial charge in [-0.25, -0.2) is 0 Å². The summed E-state index contributed by atoms with van der Waals surface area (Å²) in [6, 6.07) is 11.1. The molecule has 0 bridgehead atoms. The fraction of sp³-hybridized carbons (Fsp3) is 0.188. The molecular weight excluding hydrogens is 282 g/mol. The van der Waals surface area contributed by atoms with E-state index in [0.717, 1.165) is 22.5 Å². The van der Waals surface area contributed by atoms with Crippen molar-refractivity contribution in [2.24, 2.45) is 5.73 Å². The van der Waals surface area contributed by atoms with Crippen LogP contribution in [0.1, 0.15) is 32.9 Å². The zero-order valence-corrected chi connectivity index (χ0v) is 12.8. The Morgan fingerprint density at radius 1 is 1.29 bits per heavy atom. The zero-order chi connectivity index (χ0) is 15.4. The van der Waals surface area contributed by atoms with E-state index in [2.05, 4.69) is 10.3 Å². The molecule has 1 aromatic carbocycles. The molecule has 2 aromatic rings. The smallest absolute Gasteiger partial charge is 0.253 e. The number of pyridine rings is 1. The minimum Gasteiger partial charge on any atom is -0.389 e. The number of amides is 1. The van der Waals surface area contributed by atoms with E-state index in [9.17, 15) is 4.79 Å². The van der Waals surface area contributed by atoms with E-state index in [1.54, 1.807) is 6.07 Å². The van der Waals surface area contributed by atoms with Gasteiger partial charge in [0.1, 0.15) is 4.99 Å². The Morgan fingerprint density at radius 3 is 2.71 bits per heavy atom. The minimum absolute atomic E-state index is 0.138. The van der Waals surface area contributed by atoms with Gasteiger partial charge in [-0.05, 0) is 37.6 Å². The number of rotatable bonds is 4. The third-order valence-electron chi connectivity index (χ3n) is 3.13. The molecule has 0 saturated carbocycles. The number of thiocarbonyl (C=S) groups is 1. The average molecular weight is 299 g/mol. The molecule has 0 radical (unpaired) electrons. The molecule has 0 aliphatic carbocycles. The van der Waals surface area contributed by atoms with Crippen molar-refractivity contribution in [3.8, 4) is 0 Å². The number of nitrogens with zero attached hydrogens (tertiary/aromatic N) is 1. The number of carbonyl (C=O) groups is 1. The van der Waals surface area contributed by atoms with E-state index < -0.39 is 0 Å². The van der Waals surface area contributed by atoms with Crippen LogP contribution < -0.4 is 11.1 Å². The SMILES string of the molecule is Cc1ccc(C(=O)NCc2cccc(C(N)=S)c2)c(C)n1. The molecule has 4 nitrogen and oxygen atoms in total. The number of hydrogen-bond acceptors (Lipinski definition) is 3. The third-order valence-corrected chi connectivity index (χ3v) is 3.37. The Bertz CT molecular complexity index is 698. The average Bonchev–Trinajstić information content (AvgIpc) is 2.45. The predicted octanol–water partition coefficient (Wildman–Crippen LogP) is 2.26. The van der Waals surface area contributed by atoms with E-state index in [1.165, 1.54) is 0 Å². The van der Waals surface area contributed by atoms with Crippen LogP contribution in [0.4, 0.5) is 0 Å². The number of carbonyl (C=O) groups excluding carboxylic acids is 1. The minimum atomic E-state index is -0.138. The van der Waals surface area contributed by atoms with Crippen molar-refractivity contribution >= 4 is 23.1 Å². The Balaban J connectivity index is 2.07. The van der Waals surface area contributed by atoms with E-state index in [4.69, 9.17) is 18.0 Å². The predicted molar refractivity (Wildman–Crippen MR) is 87.2 cm³/mol. The maximum absolute atomic E-state index is 12.2. The second-order valence-electron chi connectivity index (χ2n) is 4.83. The van der Waals surface area contributed by atoms with Crippen molar-refractivity contribution in [2.45, 2.75) is 20.4 Å². The first-order valence-electron chi connectivity index (χ1n) is 6.58. The standard InChI is InChI=1S/C16H17N3OS/c1-10-6-7-14(11(2)19-10)16(20)18-9-12-4-3-5-13(8-12)15(17)21/h3-8H,9H2,1-2H3,(H2,17,21)(H,18,20). The van der Waals surface area contributed by atoms with Crippen LogP contribution in [0.3, 0.4) is 0 Å². The number of nitrogens with two attached hydrogens (primary N) is 1. The second kappa shape index (κ2) is 6.45. The summed E-state index contributed by atoms with van der Waals surface area (Å²) in [5, 5.41) is 2.88. The molecule has 1 amide bonds. The number of aryl methyl sites for hydroxylation is 2. The highest BCUT2D eigenvalue weighted by Crippen LogP contribution is 2.08.